The Bertz CT molecular complexity index is 514. The summed E-state index contributed by atoms with van der Waals surface area (Å²) in [5, 5.41) is 0. The first-order valence-electron chi connectivity index (χ1n) is 6.39. The number of alkyl halides is 1. The van der Waals surface area contributed by atoms with Gasteiger partial charge >= 0.3 is 0 Å². The SMILES string of the molecule is O=S(=O)(c1ccc(Br)cc1)N(CCCCl)C1CCC1. The van der Waals surface area contributed by atoms with Crippen molar-refractivity contribution in [1.29, 1.82) is 0 Å². The van der Waals surface area contributed by atoms with Crippen molar-refractivity contribution in [3.05, 3.63) is 28.7 Å². The summed E-state index contributed by atoms with van der Waals surface area (Å²) >= 11 is 9.02. The van der Waals surface area contributed by atoms with E-state index in [1.807, 2.05) is 0 Å². The molecule has 1 fully saturated rings. The molecule has 1 aliphatic rings. The van der Waals surface area contributed by atoms with Gasteiger partial charge in [0.25, 0.3) is 0 Å². The van der Waals surface area contributed by atoms with E-state index in [9.17, 15) is 8.42 Å². The summed E-state index contributed by atoms with van der Waals surface area (Å²) in [6.45, 7) is 0.507. The summed E-state index contributed by atoms with van der Waals surface area (Å²) in [7, 11) is -3.40. The van der Waals surface area contributed by atoms with Crippen LogP contribution in [-0.2, 0) is 10.0 Å². The lowest BCUT2D eigenvalue weighted by Gasteiger charge is -2.36. The molecule has 106 valence electrons. The minimum Gasteiger partial charge on any atom is -0.207 e. The molecule has 0 spiro atoms. The van der Waals surface area contributed by atoms with Crippen LogP contribution in [-0.4, -0.2) is 31.2 Å². The van der Waals surface area contributed by atoms with E-state index in [1.165, 1.54) is 0 Å². The molecule has 1 saturated carbocycles. The molecule has 0 aromatic heterocycles. The normalized spacial score (nSPS) is 16.6. The van der Waals surface area contributed by atoms with Crippen molar-refractivity contribution < 1.29 is 8.42 Å². The monoisotopic (exact) mass is 365 g/mol. The third-order valence-electron chi connectivity index (χ3n) is 3.41. The first-order chi connectivity index (χ1) is 9.05. The third kappa shape index (κ3) is 3.51. The largest absolute Gasteiger partial charge is 0.243 e. The number of nitrogens with zero attached hydrogens (tertiary/aromatic N) is 1. The fraction of sp³-hybridized carbons (Fsp3) is 0.538. The van der Waals surface area contributed by atoms with Crippen LogP contribution in [0.15, 0.2) is 33.6 Å². The van der Waals surface area contributed by atoms with E-state index in [2.05, 4.69) is 15.9 Å². The second kappa shape index (κ2) is 6.57. The van der Waals surface area contributed by atoms with E-state index in [4.69, 9.17) is 11.6 Å². The van der Waals surface area contributed by atoms with E-state index in [-0.39, 0.29) is 6.04 Å². The van der Waals surface area contributed by atoms with Crippen molar-refractivity contribution in [2.24, 2.45) is 0 Å². The number of hydrogen-bond donors (Lipinski definition) is 0. The predicted octanol–water partition coefficient (Wildman–Crippen LogP) is 3.62. The van der Waals surface area contributed by atoms with Crippen LogP contribution >= 0.6 is 27.5 Å². The van der Waals surface area contributed by atoms with Gasteiger partial charge in [0.2, 0.25) is 10.0 Å². The average Bonchev–Trinajstić information content (AvgIpc) is 2.32. The average molecular weight is 367 g/mol. The summed E-state index contributed by atoms with van der Waals surface area (Å²) < 4.78 is 27.8. The minimum absolute atomic E-state index is 0.150. The summed E-state index contributed by atoms with van der Waals surface area (Å²) in [6.07, 6.45) is 3.71. The Kier molecular flexibility index (Phi) is 5.29. The molecule has 1 aliphatic carbocycles. The predicted molar refractivity (Wildman–Crippen MR) is 81.0 cm³/mol. The van der Waals surface area contributed by atoms with Gasteiger partial charge in [-0.15, -0.1) is 11.6 Å². The van der Waals surface area contributed by atoms with Gasteiger partial charge in [0.05, 0.1) is 4.90 Å². The molecular formula is C13H17BrClNO2S. The topological polar surface area (TPSA) is 37.4 Å². The fourth-order valence-corrected chi connectivity index (χ4v) is 4.24. The molecule has 0 aliphatic heterocycles. The number of hydrogen-bond acceptors (Lipinski definition) is 2. The molecule has 0 amide bonds. The van der Waals surface area contributed by atoms with Crippen LogP contribution in [0.2, 0.25) is 0 Å². The second-order valence-corrected chi connectivity index (χ2v) is 7.88. The molecule has 2 rings (SSSR count). The van der Waals surface area contributed by atoms with Gasteiger partial charge in [0.1, 0.15) is 0 Å². The van der Waals surface area contributed by atoms with E-state index in [0.717, 1.165) is 23.7 Å². The summed E-state index contributed by atoms with van der Waals surface area (Å²) in [5.41, 5.74) is 0. The van der Waals surface area contributed by atoms with E-state index in [1.54, 1.807) is 28.6 Å². The summed E-state index contributed by atoms with van der Waals surface area (Å²) in [6, 6.07) is 6.95. The summed E-state index contributed by atoms with van der Waals surface area (Å²) in [5.74, 6) is 0.485. The highest BCUT2D eigenvalue weighted by atomic mass is 79.9. The number of sulfonamides is 1. The zero-order valence-corrected chi connectivity index (χ0v) is 13.7. The van der Waals surface area contributed by atoms with E-state index >= 15 is 0 Å². The van der Waals surface area contributed by atoms with Crippen molar-refractivity contribution in [1.82, 2.24) is 4.31 Å². The third-order valence-corrected chi connectivity index (χ3v) is 6.18. The molecule has 6 heteroatoms. The van der Waals surface area contributed by atoms with Crippen molar-refractivity contribution in [3.8, 4) is 0 Å². The molecule has 1 aromatic carbocycles. The van der Waals surface area contributed by atoms with Crippen LogP contribution in [0.1, 0.15) is 25.7 Å². The number of benzene rings is 1. The maximum Gasteiger partial charge on any atom is 0.243 e. The molecular weight excluding hydrogens is 350 g/mol. The van der Waals surface area contributed by atoms with E-state index in [0.29, 0.717) is 23.7 Å². The minimum atomic E-state index is -3.40. The second-order valence-electron chi connectivity index (χ2n) is 4.70. The number of halogens is 2. The first-order valence-corrected chi connectivity index (χ1v) is 9.16. The maximum atomic E-state index is 12.7. The molecule has 19 heavy (non-hydrogen) atoms. The van der Waals surface area contributed by atoms with Gasteiger partial charge in [-0.1, -0.05) is 22.4 Å². The molecule has 0 heterocycles. The highest BCUT2D eigenvalue weighted by Crippen LogP contribution is 2.30. The van der Waals surface area contributed by atoms with Gasteiger partial charge in [-0.05, 0) is 43.5 Å². The molecule has 0 N–H and O–H groups in total. The van der Waals surface area contributed by atoms with Crippen LogP contribution in [0.5, 0.6) is 0 Å². The van der Waals surface area contributed by atoms with Crippen molar-refractivity contribution in [2.75, 3.05) is 12.4 Å². The van der Waals surface area contributed by atoms with Gasteiger partial charge in [-0.2, -0.15) is 4.31 Å². The van der Waals surface area contributed by atoms with Crippen LogP contribution in [0, 0.1) is 0 Å². The van der Waals surface area contributed by atoms with Crippen molar-refractivity contribution >= 4 is 37.6 Å². The molecule has 0 unspecified atom stereocenters. The molecule has 0 saturated heterocycles. The van der Waals surface area contributed by atoms with E-state index < -0.39 is 10.0 Å². The summed E-state index contributed by atoms with van der Waals surface area (Å²) in [4.78, 5) is 0.358. The quantitative estimate of drug-likeness (QED) is 0.721. The highest BCUT2D eigenvalue weighted by Gasteiger charge is 2.34. The van der Waals surface area contributed by atoms with Gasteiger partial charge in [-0.25, -0.2) is 8.42 Å². The zero-order valence-electron chi connectivity index (χ0n) is 10.6. The van der Waals surface area contributed by atoms with Crippen molar-refractivity contribution in [3.63, 3.8) is 0 Å². The van der Waals surface area contributed by atoms with Gasteiger partial charge in [0, 0.05) is 22.9 Å². The van der Waals surface area contributed by atoms with Crippen LogP contribution in [0.3, 0.4) is 0 Å². The van der Waals surface area contributed by atoms with Gasteiger partial charge < -0.3 is 0 Å². The Hall–Kier alpha value is -0.100. The highest BCUT2D eigenvalue weighted by molar-refractivity contribution is 9.10. The fourth-order valence-electron chi connectivity index (χ4n) is 2.13. The Morgan fingerprint density at radius 1 is 1.26 bits per heavy atom. The lowest BCUT2D eigenvalue weighted by molar-refractivity contribution is 0.220. The molecule has 3 nitrogen and oxygen atoms in total. The first kappa shape index (κ1) is 15.3. The standard InChI is InChI=1S/C13H17BrClNO2S/c14-11-5-7-13(8-6-11)19(17,18)16(10-2-9-15)12-3-1-4-12/h5-8,12H,1-4,9-10H2. The zero-order chi connectivity index (χ0) is 13.9. The maximum absolute atomic E-state index is 12.7. The Balaban J connectivity index is 2.24. The van der Waals surface area contributed by atoms with Gasteiger partial charge in [-0.3, -0.25) is 0 Å². The Morgan fingerprint density at radius 2 is 1.89 bits per heavy atom. The lowest BCUT2D eigenvalue weighted by Crippen LogP contribution is -2.44. The molecule has 0 radical (unpaired) electrons. The lowest BCUT2D eigenvalue weighted by atomic mass is 9.93. The van der Waals surface area contributed by atoms with Crippen LogP contribution in [0.25, 0.3) is 0 Å². The van der Waals surface area contributed by atoms with Crippen molar-refractivity contribution in [2.45, 2.75) is 36.6 Å². The van der Waals surface area contributed by atoms with Crippen LogP contribution < -0.4 is 0 Å². The molecule has 1 aromatic rings. The smallest absolute Gasteiger partial charge is 0.207 e. The number of rotatable bonds is 6. The van der Waals surface area contributed by atoms with Crippen LogP contribution in [0.4, 0.5) is 0 Å². The Labute approximate surface area is 128 Å². The molecule has 0 atom stereocenters. The Morgan fingerprint density at radius 3 is 2.37 bits per heavy atom. The van der Waals surface area contributed by atoms with Gasteiger partial charge in [0.15, 0.2) is 0 Å². The molecule has 0 bridgehead atoms.